The summed E-state index contributed by atoms with van der Waals surface area (Å²) in [5.74, 6) is 1.22. The van der Waals surface area contributed by atoms with Crippen LogP contribution in [0.5, 0.6) is 11.5 Å². The van der Waals surface area contributed by atoms with E-state index >= 15 is 0 Å². The van der Waals surface area contributed by atoms with E-state index in [2.05, 4.69) is 5.32 Å². The monoisotopic (exact) mass is 293 g/mol. The Morgan fingerprint density at radius 1 is 1.43 bits per heavy atom. The van der Waals surface area contributed by atoms with Gasteiger partial charge in [-0.3, -0.25) is 0 Å². The van der Waals surface area contributed by atoms with Gasteiger partial charge in [0, 0.05) is 17.5 Å². The molecule has 116 valence electrons. The minimum atomic E-state index is -0.559. The molecule has 1 aromatic carbocycles. The Hall–Kier alpha value is -1.75. The van der Waals surface area contributed by atoms with Crippen molar-refractivity contribution >= 4 is 5.97 Å². The van der Waals surface area contributed by atoms with Crippen LogP contribution in [0.3, 0.4) is 0 Å². The molecule has 1 heterocycles. The summed E-state index contributed by atoms with van der Waals surface area (Å²) in [6.45, 7) is 6.64. The van der Waals surface area contributed by atoms with Gasteiger partial charge in [-0.1, -0.05) is 0 Å². The lowest BCUT2D eigenvalue weighted by molar-refractivity contribution is -0.145. The summed E-state index contributed by atoms with van der Waals surface area (Å²) < 4.78 is 16.6. The lowest BCUT2D eigenvalue weighted by Crippen LogP contribution is -2.28. The van der Waals surface area contributed by atoms with Crippen LogP contribution in [0, 0.1) is 0 Å². The first-order valence-electron chi connectivity index (χ1n) is 7.40. The van der Waals surface area contributed by atoms with Crippen molar-refractivity contribution in [2.24, 2.45) is 0 Å². The molecule has 1 aliphatic rings. The van der Waals surface area contributed by atoms with E-state index in [-0.39, 0.29) is 12.1 Å². The highest BCUT2D eigenvalue weighted by Gasteiger charge is 2.28. The van der Waals surface area contributed by atoms with Crippen LogP contribution >= 0.6 is 0 Å². The van der Waals surface area contributed by atoms with Crippen molar-refractivity contribution in [2.75, 3.05) is 20.3 Å². The van der Waals surface area contributed by atoms with Crippen molar-refractivity contribution in [1.82, 2.24) is 5.32 Å². The Morgan fingerprint density at radius 2 is 2.19 bits per heavy atom. The van der Waals surface area contributed by atoms with Gasteiger partial charge in [-0.2, -0.15) is 0 Å². The highest BCUT2D eigenvalue weighted by Crippen LogP contribution is 2.38. The van der Waals surface area contributed by atoms with E-state index < -0.39 is 6.04 Å². The van der Waals surface area contributed by atoms with Crippen LogP contribution in [-0.2, 0) is 16.0 Å². The van der Waals surface area contributed by atoms with Gasteiger partial charge in [0.25, 0.3) is 0 Å². The molecular formula is C16H23NO4. The molecule has 0 saturated carbocycles. The summed E-state index contributed by atoms with van der Waals surface area (Å²) in [5, 5.41) is 2.99. The van der Waals surface area contributed by atoms with Gasteiger partial charge < -0.3 is 19.5 Å². The van der Waals surface area contributed by atoms with Gasteiger partial charge in [-0.15, -0.1) is 0 Å². The largest absolute Gasteiger partial charge is 0.494 e. The first kappa shape index (κ1) is 15.6. The zero-order valence-electron chi connectivity index (χ0n) is 13.1. The number of hydrogen-bond donors (Lipinski definition) is 1. The van der Waals surface area contributed by atoms with Crippen LogP contribution < -0.4 is 14.8 Å². The highest BCUT2D eigenvalue weighted by molar-refractivity contribution is 5.79. The van der Waals surface area contributed by atoms with Crippen molar-refractivity contribution in [3.8, 4) is 11.5 Å². The Labute approximate surface area is 125 Å². The van der Waals surface area contributed by atoms with Gasteiger partial charge in [0.1, 0.15) is 23.6 Å². The smallest absolute Gasteiger partial charge is 0.327 e. The minimum absolute atomic E-state index is 0.153. The zero-order valence-corrected chi connectivity index (χ0v) is 13.1. The number of likely N-dealkylation sites (N-methyl/N-ethyl adjacent to an activating group) is 1. The fraction of sp³-hybridized carbons (Fsp3) is 0.562. The molecule has 0 saturated heterocycles. The maximum absolute atomic E-state index is 12.1. The minimum Gasteiger partial charge on any atom is -0.494 e. The number of rotatable bonds is 6. The molecule has 0 aromatic heterocycles. The Bertz CT molecular complexity index is 515. The Morgan fingerprint density at radius 3 is 2.81 bits per heavy atom. The average molecular weight is 293 g/mol. The first-order chi connectivity index (χ1) is 10.1. The average Bonchev–Trinajstić information content (AvgIpc) is 2.79. The second-order valence-corrected chi connectivity index (χ2v) is 5.04. The maximum atomic E-state index is 12.1. The third-order valence-electron chi connectivity index (χ3n) is 3.45. The summed E-state index contributed by atoms with van der Waals surface area (Å²) in [7, 11) is 1.73. The van der Waals surface area contributed by atoms with Crippen LogP contribution in [0.2, 0.25) is 0 Å². The van der Waals surface area contributed by atoms with Crippen molar-refractivity contribution in [2.45, 2.75) is 39.3 Å². The molecule has 0 radical (unpaired) electrons. The molecule has 0 aliphatic carbocycles. The number of carbonyl (C=O) groups excluding carboxylic acids is 1. The van der Waals surface area contributed by atoms with Gasteiger partial charge in [0.05, 0.1) is 13.2 Å². The summed E-state index contributed by atoms with van der Waals surface area (Å²) >= 11 is 0. The molecule has 1 N–H and O–H groups in total. The summed E-state index contributed by atoms with van der Waals surface area (Å²) in [5.41, 5.74) is 1.87. The number of carbonyl (C=O) groups is 1. The van der Waals surface area contributed by atoms with E-state index in [4.69, 9.17) is 14.2 Å². The zero-order chi connectivity index (χ0) is 15.4. The fourth-order valence-electron chi connectivity index (χ4n) is 2.59. The Balaban J connectivity index is 2.40. The quantitative estimate of drug-likeness (QED) is 0.815. The van der Waals surface area contributed by atoms with Crippen LogP contribution in [0.1, 0.15) is 37.9 Å². The first-order valence-corrected chi connectivity index (χ1v) is 7.40. The van der Waals surface area contributed by atoms with Crippen molar-refractivity contribution in [3.05, 3.63) is 23.3 Å². The van der Waals surface area contributed by atoms with Gasteiger partial charge in [-0.25, -0.2) is 4.79 Å². The third-order valence-corrected chi connectivity index (χ3v) is 3.45. The molecule has 2 unspecified atom stereocenters. The number of benzene rings is 1. The number of esters is 1. The van der Waals surface area contributed by atoms with E-state index in [1.165, 1.54) is 0 Å². The predicted octanol–water partition coefficient (Wildman–Crippen LogP) is 2.23. The second-order valence-electron chi connectivity index (χ2n) is 5.04. The molecule has 1 aromatic rings. The molecule has 1 aliphatic heterocycles. The van der Waals surface area contributed by atoms with Crippen molar-refractivity contribution in [1.29, 1.82) is 0 Å². The molecule has 5 nitrogen and oxygen atoms in total. The molecule has 0 amide bonds. The van der Waals surface area contributed by atoms with Crippen molar-refractivity contribution < 1.29 is 19.0 Å². The van der Waals surface area contributed by atoms with Gasteiger partial charge in [0.15, 0.2) is 0 Å². The third kappa shape index (κ3) is 3.29. The number of hydrogen-bond acceptors (Lipinski definition) is 5. The number of nitrogens with one attached hydrogen (secondary N) is 1. The van der Waals surface area contributed by atoms with E-state index in [1.54, 1.807) is 14.0 Å². The maximum Gasteiger partial charge on any atom is 0.327 e. The van der Waals surface area contributed by atoms with Crippen LogP contribution in [0.4, 0.5) is 0 Å². The Kier molecular flexibility index (Phi) is 5.07. The van der Waals surface area contributed by atoms with Crippen LogP contribution in [0.25, 0.3) is 0 Å². The molecular weight excluding hydrogens is 270 g/mol. The van der Waals surface area contributed by atoms with E-state index in [1.807, 2.05) is 26.0 Å². The molecule has 21 heavy (non-hydrogen) atoms. The molecule has 5 heteroatoms. The van der Waals surface area contributed by atoms with Crippen molar-refractivity contribution in [3.63, 3.8) is 0 Å². The van der Waals surface area contributed by atoms with Gasteiger partial charge in [-0.05, 0) is 40.0 Å². The summed E-state index contributed by atoms with van der Waals surface area (Å²) in [4.78, 5) is 12.1. The summed E-state index contributed by atoms with van der Waals surface area (Å²) in [6.07, 6.45) is 1.01. The van der Waals surface area contributed by atoms with Crippen LogP contribution in [0.15, 0.2) is 12.1 Å². The molecule has 2 atom stereocenters. The van der Waals surface area contributed by atoms with Crippen LogP contribution in [-0.4, -0.2) is 32.3 Å². The normalized spacial score (nSPS) is 17.8. The van der Waals surface area contributed by atoms with Gasteiger partial charge >= 0.3 is 5.97 Å². The molecule has 0 spiro atoms. The predicted molar refractivity (Wildman–Crippen MR) is 79.8 cm³/mol. The highest BCUT2D eigenvalue weighted by atomic mass is 16.5. The van der Waals surface area contributed by atoms with Gasteiger partial charge in [0.2, 0.25) is 0 Å². The molecule has 0 bridgehead atoms. The molecule has 2 rings (SSSR count). The lowest BCUT2D eigenvalue weighted by Gasteiger charge is -2.19. The van der Waals surface area contributed by atoms with E-state index in [9.17, 15) is 4.79 Å². The van der Waals surface area contributed by atoms with E-state index in [0.717, 1.165) is 23.3 Å². The standard InChI is InChI=1S/C16H23NO4/c1-5-19-14-8-11-7-10(3)21-13(11)9-12(14)15(17-4)16(18)20-6-2/h8-10,15,17H,5-7H2,1-4H3. The number of fused-ring (bicyclic) bond motifs is 1. The summed E-state index contributed by atoms with van der Waals surface area (Å²) in [6, 6.07) is 3.31. The fourth-order valence-corrected chi connectivity index (χ4v) is 2.59. The topological polar surface area (TPSA) is 56.8 Å². The SMILES string of the molecule is CCOC(=O)C(NC)c1cc2c(cc1OCC)CC(C)O2. The number of ether oxygens (including phenoxy) is 3. The molecule has 0 fully saturated rings. The van der Waals surface area contributed by atoms with E-state index in [0.29, 0.717) is 19.0 Å². The lowest BCUT2D eigenvalue weighted by atomic mass is 10.0. The second kappa shape index (κ2) is 6.80.